The van der Waals surface area contributed by atoms with Crippen LogP contribution in [0.1, 0.15) is 38.7 Å². The molecule has 0 aliphatic carbocycles. The zero-order valence-corrected chi connectivity index (χ0v) is 15.1. The second-order valence-electron chi connectivity index (χ2n) is 7.49. The fourth-order valence-corrected chi connectivity index (χ4v) is 3.82. The number of nitrogens with one attached hydrogen (secondary N) is 1. The van der Waals surface area contributed by atoms with Crippen LogP contribution in [-0.4, -0.2) is 47.9 Å². The van der Waals surface area contributed by atoms with Crippen molar-refractivity contribution in [3.05, 3.63) is 35.9 Å². The Labute approximate surface area is 149 Å². The smallest absolute Gasteiger partial charge is 0.252 e. The third-order valence-electron chi connectivity index (χ3n) is 5.04. The summed E-state index contributed by atoms with van der Waals surface area (Å²) in [6.07, 6.45) is 2.06. The Balaban J connectivity index is 1.70. The van der Waals surface area contributed by atoms with E-state index >= 15 is 0 Å². The number of hydrogen-bond acceptors (Lipinski definition) is 4. The summed E-state index contributed by atoms with van der Waals surface area (Å²) in [6.45, 7) is 5.62. The van der Waals surface area contributed by atoms with E-state index < -0.39 is 6.10 Å². The molecule has 1 N–H and O–H groups in total. The molecule has 136 valence electrons. The van der Waals surface area contributed by atoms with Crippen molar-refractivity contribution < 1.29 is 14.3 Å². The number of amides is 1. The first-order valence-corrected chi connectivity index (χ1v) is 9.28. The number of rotatable bonds is 6. The van der Waals surface area contributed by atoms with E-state index in [9.17, 15) is 9.59 Å². The maximum absolute atomic E-state index is 13.2. The second-order valence-corrected chi connectivity index (χ2v) is 7.49. The van der Waals surface area contributed by atoms with E-state index in [1.54, 1.807) is 4.90 Å². The second kappa shape index (κ2) is 8.11. The van der Waals surface area contributed by atoms with Gasteiger partial charge in [0.05, 0.1) is 13.2 Å². The molecule has 1 aromatic carbocycles. The van der Waals surface area contributed by atoms with Gasteiger partial charge in [-0.2, -0.15) is 0 Å². The number of carbonyl (C=O) groups is 2. The van der Waals surface area contributed by atoms with Gasteiger partial charge in [0, 0.05) is 12.6 Å². The average Bonchev–Trinajstić information content (AvgIpc) is 3.00. The maximum Gasteiger partial charge on any atom is 0.252 e. The molecule has 0 spiro atoms. The molecule has 2 heterocycles. The summed E-state index contributed by atoms with van der Waals surface area (Å²) in [6, 6.07) is 9.70. The lowest BCUT2D eigenvalue weighted by atomic mass is 9.95. The van der Waals surface area contributed by atoms with Gasteiger partial charge in [-0.05, 0) is 30.7 Å². The van der Waals surface area contributed by atoms with Gasteiger partial charge < -0.3 is 15.0 Å². The lowest BCUT2D eigenvalue weighted by molar-refractivity contribution is -0.152. The highest BCUT2D eigenvalue weighted by molar-refractivity contribution is 5.94. The quantitative estimate of drug-likeness (QED) is 0.859. The first-order chi connectivity index (χ1) is 12.1. The van der Waals surface area contributed by atoms with Crippen molar-refractivity contribution in [2.75, 3.05) is 13.1 Å². The fraction of sp³-hybridized carbons (Fsp3) is 0.600. The molecule has 0 bridgehead atoms. The van der Waals surface area contributed by atoms with Gasteiger partial charge in [0.1, 0.15) is 12.1 Å². The summed E-state index contributed by atoms with van der Waals surface area (Å²) >= 11 is 0. The van der Waals surface area contributed by atoms with E-state index in [0.717, 1.165) is 18.4 Å². The molecular formula is C20H28N2O3. The molecule has 5 heteroatoms. The number of benzene rings is 1. The van der Waals surface area contributed by atoms with Gasteiger partial charge in [-0.15, -0.1) is 0 Å². The van der Waals surface area contributed by atoms with Crippen molar-refractivity contribution in [1.29, 1.82) is 0 Å². The number of fused-ring (bicyclic) bond motifs is 1. The van der Waals surface area contributed by atoms with E-state index in [-0.39, 0.29) is 23.8 Å². The minimum atomic E-state index is -0.493. The van der Waals surface area contributed by atoms with Crippen LogP contribution in [0.25, 0.3) is 0 Å². The number of carbonyl (C=O) groups excluding carboxylic acids is 2. The minimum Gasteiger partial charge on any atom is -0.364 e. The maximum atomic E-state index is 13.2. The molecule has 0 aromatic heterocycles. The highest BCUT2D eigenvalue weighted by Gasteiger charge is 2.44. The molecule has 3 rings (SSSR count). The lowest BCUT2D eigenvalue weighted by Crippen LogP contribution is -2.56. The van der Waals surface area contributed by atoms with Crippen molar-refractivity contribution in [1.82, 2.24) is 10.2 Å². The number of nitrogens with zero attached hydrogens (tertiary/aromatic N) is 1. The van der Waals surface area contributed by atoms with Crippen LogP contribution in [0.4, 0.5) is 0 Å². The van der Waals surface area contributed by atoms with Crippen LogP contribution >= 0.6 is 0 Å². The van der Waals surface area contributed by atoms with Crippen LogP contribution in [0.3, 0.4) is 0 Å². The van der Waals surface area contributed by atoms with Crippen LogP contribution < -0.4 is 5.32 Å². The van der Waals surface area contributed by atoms with Crippen molar-refractivity contribution in [2.24, 2.45) is 5.92 Å². The van der Waals surface area contributed by atoms with Crippen molar-refractivity contribution in [3.63, 3.8) is 0 Å². The van der Waals surface area contributed by atoms with E-state index in [1.807, 2.05) is 30.3 Å². The van der Waals surface area contributed by atoms with E-state index in [2.05, 4.69) is 19.2 Å². The molecule has 0 saturated carbocycles. The summed E-state index contributed by atoms with van der Waals surface area (Å²) in [5.41, 5.74) is 1.05. The predicted molar refractivity (Wildman–Crippen MR) is 96.0 cm³/mol. The molecule has 2 saturated heterocycles. The number of ether oxygens (including phenoxy) is 1. The summed E-state index contributed by atoms with van der Waals surface area (Å²) < 4.78 is 6.01. The number of Topliss-reactive ketones (excluding diaryl/α,β-unsaturated/α-hetero) is 1. The largest absolute Gasteiger partial charge is 0.364 e. The Morgan fingerprint density at radius 3 is 2.80 bits per heavy atom. The van der Waals surface area contributed by atoms with Crippen LogP contribution in [0.2, 0.25) is 0 Å². The normalized spacial score (nSPS) is 24.4. The van der Waals surface area contributed by atoms with Gasteiger partial charge in [0.2, 0.25) is 0 Å². The molecule has 1 amide bonds. The molecule has 2 aliphatic heterocycles. The molecule has 1 aromatic rings. The molecule has 25 heavy (non-hydrogen) atoms. The van der Waals surface area contributed by atoms with Gasteiger partial charge in [0.25, 0.3) is 5.91 Å². The lowest BCUT2D eigenvalue weighted by Gasteiger charge is -2.38. The molecule has 3 atom stereocenters. The monoisotopic (exact) mass is 344 g/mol. The first-order valence-electron chi connectivity index (χ1n) is 9.28. The van der Waals surface area contributed by atoms with Gasteiger partial charge in [-0.1, -0.05) is 44.2 Å². The van der Waals surface area contributed by atoms with E-state index in [0.29, 0.717) is 32.0 Å². The van der Waals surface area contributed by atoms with Crippen molar-refractivity contribution in [2.45, 2.75) is 57.9 Å². The molecule has 2 aliphatic rings. The van der Waals surface area contributed by atoms with Crippen LogP contribution in [0, 0.1) is 5.92 Å². The molecule has 0 radical (unpaired) electrons. The Hall–Kier alpha value is -1.72. The van der Waals surface area contributed by atoms with Crippen LogP contribution in [-0.2, 0) is 20.9 Å². The molecule has 2 fully saturated rings. The Bertz CT molecular complexity index is 602. The van der Waals surface area contributed by atoms with E-state index in [1.165, 1.54) is 0 Å². The number of hydrogen-bond donors (Lipinski definition) is 1. The van der Waals surface area contributed by atoms with Gasteiger partial charge in [-0.25, -0.2) is 0 Å². The topological polar surface area (TPSA) is 58.6 Å². The molecule has 2 unspecified atom stereocenters. The Morgan fingerprint density at radius 1 is 1.32 bits per heavy atom. The van der Waals surface area contributed by atoms with Gasteiger partial charge in [-0.3, -0.25) is 9.59 Å². The predicted octanol–water partition coefficient (Wildman–Crippen LogP) is 2.15. The number of piperidine rings is 1. The molecular weight excluding hydrogens is 316 g/mol. The fourth-order valence-electron chi connectivity index (χ4n) is 3.82. The Kier molecular flexibility index (Phi) is 5.86. The molecule has 5 nitrogen and oxygen atoms in total. The first kappa shape index (κ1) is 18.1. The SMILES string of the molecule is CC(C)C[C@H](OCc1ccccc1)C(=O)N1CCCC2NCC(=O)C21. The summed E-state index contributed by atoms with van der Waals surface area (Å²) in [5.74, 6) is 0.448. The summed E-state index contributed by atoms with van der Waals surface area (Å²) in [5, 5.41) is 3.25. The number of ketones is 1. The van der Waals surface area contributed by atoms with Crippen molar-refractivity contribution in [3.8, 4) is 0 Å². The highest BCUT2D eigenvalue weighted by atomic mass is 16.5. The summed E-state index contributed by atoms with van der Waals surface area (Å²) in [4.78, 5) is 27.2. The van der Waals surface area contributed by atoms with Crippen LogP contribution in [0.5, 0.6) is 0 Å². The zero-order chi connectivity index (χ0) is 17.8. The zero-order valence-electron chi connectivity index (χ0n) is 15.1. The average molecular weight is 344 g/mol. The third-order valence-corrected chi connectivity index (χ3v) is 5.04. The van der Waals surface area contributed by atoms with Gasteiger partial charge in [0.15, 0.2) is 5.78 Å². The minimum absolute atomic E-state index is 0.0311. The van der Waals surface area contributed by atoms with E-state index in [4.69, 9.17) is 4.74 Å². The standard InChI is InChI=1S/C20H28N2O3/c1-14(2)11-18(25-13-15-7-4-3-5-8-15)20(24)22-10-6-9-16-19(22)17(23)12-21-16/h3-5,7-8,14,16,18-19,21H,6,9-13H2,1-2H3/t16?,18-,19?/m0/s1. The Morgan fingerprint density at radius 2 is 2.08 bits per heavy atom. The third kappa shape index (κ3) is 4.28. The van der Waals surface area contributed by atoms with Crippen molar-refractivity contribution >= 4 is 11.7 Å². The number of likely N-dealkylation sites (tertiary alicyclic amines) is 1. The summed E-state index contributed by atoms with van der Waals surface area (Å²) in [7, 11) is 0. The van der Waals surface area contributed by atoms with Crippen LogP contribution in [0.15, 0.2) is 30.3 Å². The highest BCUT2D eigenvalue weighted by Crippen LogP contribution is 2.25. The van der Waals surface area contributed by atoms with Gasteiger partial charge >= 0.3 is 0 Å².